The molecule has 7 nitrogen and oxygen atoms in total. The number of aliphatic hydroxyl groups excluding tert-OH is 1. The summed E-state index contributed by atoms with van der Waals surface area (Å²) in [5, 5.41) is 18.4. The number of rotatable bonds is 8. The second-order valence-electron chi connectivity index (χ2n) is 4.72. The standard InChI is InChI=1S/C15H20N4O3/c1-2-13-18-14(22-19-13)10-17-12-6-4-11(5-7-12)15(21)16-8-3-9-20/h4-7,17,20H,2-3,8-10H2,1H3,(H,16,21). The maximum absolute atomic E-state index is 11.8. The molecule has 22 heavy (non-hydrogen) atoms. The van der Waals surface area contributed by atoms with Crippen molar-refractivity contribution in [2.24, 2.45) is 0 Å². The Morgan fingerprint density at radius 1 is 1.32 bits per heavy atom. The van der Waals surface area contributed by atoms with Crippen LogP contribution >= 0.6 is 0 Å². The van der Waals surface area contributed by atoms with Crippen molar-refractivity contribution in [3.63, 3.8) is 0 Å². The maximum Gasteiger partial charge on any atom is 0.251 e. The molecule has 0 radical (unpaired) electrons. The van der Waals surface area contributed by atoms with Gasteiger partial charge in [-0.1, -0.05) is 12.1 Å². The monoisotopic (exact) mass is 304 g/mol. The summed E-state index contributed by atoms with van der Waals surface area (Å²) in [5.74, 6) is 1.07. The lowest BCUT2D eigenvalue weighted by molar-refractivity contribution is 0.0951. The zero-order chi connectivity index (χ0) is 15.8. The minimum atomic E-state index is -0.149. The first kappa shape index (κ1) is 16.0. The van der Waals surface area contributed by atoms with Crippen molar-refractivity contribution in [1.82, 2.24) is 15.5 Å². The first-order chi connectivity index (χ1) is 10.7. The van der Waals surface area contributed by atoms with Crippen LogP contribution in [-0.4, -0.2) is 34.3 Å². The summed E-state index contributed by atoms with van der Waals surface area (Å²) < 4.78 is 5.09. The van der Waals surface area contributed by atoms with Crippen molar-refractivity contribution in [2.75, 3.05) is 18.5 Å². The topological polar surface area (TPSA) is 100 Å². The van der Waals surface area contributed by atoms with Gasteiger partial charge in [-0.2, -0.15) is 4.98 Å². The smallest absolute Gasteiger partial charge is 0.251 e. The molecule has 2 rings (SSSR count). The molecule has 1 heterocycles. The lowest BCUT2D eigenvalue weighted by atomic mass is 10.2. The summed E-state index contributed by atoms with van der Waals surface area (Å²) in [6.07, 6.45) is 1.29. The highest BCUT2D eigenvalue weighted by molar-refractivity contribution is 5.94. The minimum Gasteiger partial charge on any atom is -0.396 e. The summed E-state index contributed by atoms with van der Waals surface area (Å²) in [4.78, 5) is 16.0. The number of aliphatic hydroxyl groups is 1. The van der Waals surface area contributed by atoms with Gasteiger partial charge in [-0.05, 0) is 30.7 Å². The van der Waals surface area contributed by atoms with Gasteiger partial charge in [0, 0.05) is 30.8 Å². The van der Waals surface area contributed by atoms with Gasteiger partial charge < -0.3 is 20.3 Å². The number of nitrogens with one attached hydrogen (secondary N) is 2. The van der Waals surface area contributed by atoms with Gasteiger partial charge >= 0.3 is 0 Å². The first-order valence-electron chi connectivity index (χ1n) is 7.27. The second kappa shape index (κ2) is 8.14. The predicted octanol–water partition coefficient (Wildman–Crippen LogP) is 1.36. The van der Waals surface area contributed by atoms with E-state index in [1.165, 1.54) is 0 Å². The Morgan fingerprint density at radius 3 is 2.73 bits per heavy atom. The molecule has 0 unspecified atom stereocenters. The van der Waals surface area contributed by atoms with Crippen LogP contribution in [0.3, 0.4) is 0 Å². The van der Waals surface area contributed by atoms with E-state index in [2.05, 4.69) is 20.8 Å². The van der Waals surface area contributed by atoms with E-state index in [0.717, 1.165) is 12.1 Å². The van der Waals surface area contributed by atoms with Crippen LogP contribution in [0.15, 0.2) is 28.8 Å². The SMILES string of the molecule is CCc1noc(CNc2ccc(C(=O)NCCCO)cc2)n1. The summed E-state index contributed by atoms with van der Waals surface area (Å²) >= 11 is 0. The lowest BCUT2D eigenvalue weighted by Crippen LogP contribution is -2.24. The Balaban J connectivity index is 1.84. The summed E-state index contributed by atoms with van der Waals surface area (Å²) in [6.45, 7) is 2.94. The fourth-order valence-electron chi connectivity index (χ4n) is 1.81. The number of aryl methyl sites for hydroxylation is 1. The van der Waals surface area contributed by atoms with E-state index >= 15 is 0 Å². The summed E-state index contributed by atoms with van der Waals surface area (Å²) in [5.41, 5.74) is 1.44. The van der Waals surface area contributed by atoms with Gasteiger partial charge in [0.15, 0.2) is 5.82 Å². The van der Waals surface area contributed by atoms with E-state index < -0.39 is 0 Å². The highest BCUT2D eigenvalue weighted by Gasteiger charge is 2.06. The molecule has 118 valence electrons. The quantitative estimate of drug-likeness (QED) is 0.637. The molecule has 0 atom stereocenters. The second-order valence-corrected chi connectivity index (χ2v) is 4.72. The molecule has 0 aliphatic carbocycles. The van der Waals surface area contributed by atoms with Crippen LogP contribution in [0.25, 0.3) is 0 Å². The largest absolute Gasteiger partial charge is 0.396 e. The predicted molar refractivity (Wildman–Crippen MR) is 81.5 cm³/mol. The number of carbonyl (C=O) groups excluding carboxylic acids is 1. The fourth-order valence-corrected chi connectivity index (χ4v) is 1.81. The average Bonchev–Trinajstić information content (AvgIpc) is 3.01. The van der Waals surface area contributed by atoms with Crippen molar-refractivity contribution in [2.45, 2.75) is 26.3 Å². The fraction of sp³-hybridized carbons (Fsp3) is 0.400. The van der Waals surface area contributed by atoms with E-state index in [0.29, 0.717) is 36.8 Å². The Bertz CT molecular complexity index is 595. The van der Waals surface area contributed by atoms with Crippen molar-refractivity contribution in [3.8, 4) is 0 Å². The van der Waals surface area contributed by atoms with E-state index in [1.54, 1.807) is 12.1 Å². The van der Waals surface area contributed by atoms with Gasteiger partial charge in [0.2, 0.25) is 5.89 Å². The van der Waals surface area contributed by atoms with Crippen LogP contribution in [0, 0.1) is 0 Å². The summed E-state index contributed by atoms with van der Waals surface area (Å²) in [7, 11) is 0. The number of amides is 1. The first-order valence-corrected chi connectivity index (χ1v) is 7.27. The molecule has 0 bridgehead atoms. The third-order valence-electron chi connectivity index (χ3n) is 3.04. The molecule has 0 aliphatic rings. The molecule has 0 aliphatic heterocycles. The Labute approximate surface area is 128 Å². The molecule has 1 aromatic heterocycles. The van der Waals surface area contributed by atoms with E-state index in [1.807, 2.05) is 19.1 Å². The van der Waals surface area contributed by atoms with Gasteiger partial charge in [0.25, 0.3) is 5.91 Å². The molecule has 0 fully saturated rings. The molecule has 1 amide bonds. The normalized spacial score (nSPS) is 10.5. The number of benzene rings is 1. The van der Waals surface area contributed by atoms with Gasteiger partial charge in [0.05, 0.1) is 6.54 Å². The highest BCUT2D eigenvalue weighted by Crippen LogP contribution is 2.11. The third kappa shape index (κ3) is 4.56. The minimum absolute atomic E-state index is 0.0680. The molecule has 0 spiro atoms. The van der Waals surface area contributed by atoms with Crippen LogP contribution in [0.1, 0.15) is 35.4 Å². The van der Waals surface area contributed by atoms with Crippen molar-refractivity contribution < 1.29 is 14.4 Å². The van der Waals surface area contributed by atoms with Crippen LogP contribution in [0.2, 0.25) is 0 Å². The van der Waals surface area contributed by atoms with Crippen LogP contribution < -0.4 is 10.6 Å². The summed E-state index contributed by atoms with van der Waals surface area (Å²) in [6, 6.07) is 7.11. The van der Waals surface area contributed by atoms with Crippen molar-refractivity contribution in [1.29, 1.82) is 0 Å². The average molecular weight is 304 g/mol. The van der Waals surface area contributed by atoms with E-state index in [9.17, 15) is 4.79 Å². The number of nitrogens with zero attached hydrogens (tertiary/aromatic N) is 2. The van der Waals surface area contributed by atoms with Crippen LogP contribution in [-0.2, 0) is 13.0 Å². The van der Waals surface area contributed by atoms with Gasteiger partial charge in [-0.3, -0.25) is 4.79 Å². The number of hydrogen-bond donors (Lipinski definition) is 3. The molecule has 1 aromatic carbocycles. The van der Waals surface area contributed by atoms with Gasteiger partial charge in [-0.25, -0.2) is 0 Å². The Morgan fingerprint density at radius 2 is 2.09 bits per heavy atom. The third-order valence-corrected chi connectivity index (χ3v) is 3.04. The zero-order valence-corrected chi connectivity index (χ0v) is 12.5. The van der Waals surface area contributed by atoms with E-state index in [-0.39, 0.29) is 12.5 Å². The molecular weight excluding hydrogens is 284 g/mol. The van der Waals surface area contributed by atoms with Crippen LogP contribution in [0.4, 0.5) is 5.69 Å². The van der Waals surface area contributed by atoms with Gasteiger partial charge in [-0.15, -0.1) is 0 Å². The molecule has 0 saturated heterocycles. The lowest BCUT2D eigenvalue weighted by Gasteiger charge is -2.06. The van der Waals surface area contributed by atoms with E-state index in [4.69, 9.17) is 9.63 Å². The molecule has 0 saturated carbocycles. The Kier molecular flexibility index (Phi) is 5.91. The number of hydrogen-bond acceptors (Lipinski definition) is 6. The van der Waals surface area contributed by atoms with Crippen molar-refractivity contribution in [3.05, 3.63) is 41.5 Å². The number of aromatic nitrogens is 2. The Hall–Kier alpha value is -2.41. The van der Waals surface area contributed by atoms with Crippen LogP contribution in [0.5, 0.6) is 0 Å². The number of carbonyl (C=O) groups is 1. The molecular formula is C15H20N4O3. The highest BCUT2D eigenvalue weighted by atomic mass is 16.5. The molecule has 2 aromatic rings. The van der Waals surface area contributed by atoms with Gasteiger partial charge in [0.1, 0.15) is 0 Å². The number of anilines is 1. The zero-order valence-electron chi connectivity index (χ0n) is 12.5. The molecule has 7 heteroatoms. The molecule has 3 N–H and O–H groups in total. The maximum atomic E-state index is 11.8. The van der Waals surface area contributed by atoms with Crippen molar-refractivity contribution >= 4 is 11.6 Å².